The molecule has 1 heterocycles. The summed E-state index contributed by atoms with van der Waals surface area (Å²) in [5, 5.41) is 15.1. The second kappa shape index (κ2) is 19.9. The van der Waals surface area contributed by atoms with E-state index in [0.717, 1.165) is 38.7 Å². The molecule has 0 fully saturated rings. The molecule has 0 unspecified atom stereocenters. The Kier molecular flexibility index (Phi) is 15.4. The number of carboxylic acids is 1. The molecule has 294 valence electrons. The normalized spacial score (nSPS) is 11.0. The Balaban J connectivity index is 0.000000281. The second-order valence-electron chi connectivity index (χ2n) is 12.4. The molecule has 6 aromatic rings. The van der Waals surface area contributed by atoms with Crippen LogP contribution in [0.1, 0.15) is 39.4 Å². The first-order chi connectivity index (χ1) is 26.5. The maximum Gasteiger partial charge on any atom is 0.303 e. The fraction of sp³-hybridized carbons (Fsp3) is 0.171. The van der Waals surface area contributed by atoms with Crippen molar-refractivity contribution in [2.45, 2.75) is 56.6 Å². The molecule has 0 aliphatic rings. The largest absolute Gasteiger partial charge is 0.487 e. The average Bonchev–Trinajstić information content (AvgIpc) is 3.58. The van der Waals surface area contributed by atoms with E-state index in [0.29, 0.717) is 24.4 Å². The lowest BCUT2D eigenvalue weighted by atomic mass is 9.94. The van der Waals surface area contributed by atoms with Crippen LogP contribution in [-0.2, 0) is 44.6 Å². The lowest BCUT2D eigenvalue weighted by molar-refractivity contribution is -0.136. The number of anilines is 1. The van der Waals surface area contributed by atoms with Crippen molar-refractivity contribution in [2.75, 3.05) is 5.32 Å². The predicted octanol–water partition coefficient (Wildman–Crippen LogP) is 8.95. The van der Waals surface area contributed by atoms with Crippen LogP contribution in [0.25, 0.3) is 11.1 Å². The Hall–Kier alpha value is -5.45. The van der Waals surface area contributed by atoms with Gasteiger partial charge in [0.2, 0.25) is 0 Å². The predicted molar refractivity (Wildman–Crippen MR) is 215 cm³/mol. The van der Waals surface area contributed by atoms with Gasteiger partial charge in [-0.25, -0.2) is 9.37 Å². The van der Waals surface area contributed by atoms with E-state index in [2.05, 4.69) is 48.4 Å². The number of carboxylic acid groups (broad SMARTS) is 1. The third kappa shape index (κ3) is 13.7. The number of thiazole rings is 1. The van der Waals surface area contributed by atoms with Gasteiger partial charge < -0.3 is 15.2 Å². The lowest BCUT2D eigenvalue weighted by Crippen LogP contribution is -2.03. The molecule has 0 amide bonds. The molecule has 11 nitrogen and oxygen atoms in total. The summed E-state index contributed by atoms with van der Waals surface area (Å²) < 4.78 is 78.8. The Bertz CT molecular complexity index is 2370. The van der Waals surface area contributed by atoms with Gasteiger partial charge in [-0.1, -0.05) is 60.7 Å². The van der Waals surface area contributed by atoms with Crippen molar-refractivity contribution in [1.82, 2.24) is 4.98 Å². The standard InChI is InChI=1S/C29H29FN2O3S.2C6H6O3S/c1-18-11-26(35-16-25-17-36-20(3)32-25)12-19(2)29(18)23-6-4-5-21(13-23)15-31-24-9-7-22(27(30)14-24)8-10-28(33)34;2*7-10(8,9)6-4-2-1-3-5-6/h4-7,9,11-14,17,31H,8,10,15-16H2,1-3H3,(H,33,34);2*1-5H,(H,7,8,9). The van der Waals surface area contributed by atoms with Gasteiger partial charge in [0.15, 0.2) is 0 Å². The van der Waals surface area contributed by atoms with Crippen molar-refractivity contribution in [3.05, 3.63) is 159 Å². The Labute approximate surface area is 330 Å². The van der Waals surface area contributed by atoms with Crippen LogP contribution in [0.2, 0.25) is 0 Å². The zero-order chi connectivity index (χ0) is 40.9. The van der Waals surface area contributed by atoms with E-state index in [1.54, 1.807) is 59.9 Å². The van der Waals surface area contributed by atoms with Crippen molar-refractivity contribution in [1.29, 1.82) is 0 Å². The molecule has 4 N–H and O–H groups in total. The molecule has 1 aromatic heterocycles. The Morgan fingerprint density at radius 2 is 1.38 bits per heavy atom. The van der Waals surface area contributed by atoms with Gasteiger partial charge in [-0.15, -0.1) is 11.3 Å². The van der Waals surface area contributed by atoms with Crippen molar-refractivity contribution in [2.24, 2.45) is 0 Å². The highest BCUT2D eigenvalue weighted by atomic mass is 32.2. The first kappa shape index (κ1) is 43.3. The highest BCUT2D eigenvalue weighted by Crippen LogP contribution is 2.32. The van der Waals surface area contributed by atoms with Crippen molar-refractivity contribution in [3.8, 4) is 16.9 Å². The third-order valence-electron chi connectivity index (χ3n) is 8.02. The first-order valence-electron chi connectivity index (χ1n) is 17.0. The second-order valence-corrected chi connectivity index (χ2v) is 16.3. The van der Waals surface area contributed by atoms with E-state index in [-0.39, 0.29) is 22.6 Å². The van der Waals surface area contributed by atoms with Crippen molar-refractivity contribution in [3.63, 3.8) is 0 Å². The van der Waals surface area contributed by atoms with E-state index in [1.165, 1.54) is 35.9 Å². The number of hydrogen-bond acceptors (Lipinski definition) is 9. The molecular formula is C41H41FN2O9S3. The molecule has 0 aliphatic carbocycles. The average molecular weight is 821 g/mol. The molecule has 56 heavy (non-hydrogen) atoms. The summed E-state index contributed by atoms with van der Waals surface area (Å²) in [6, 6.07) is 32.1. The van der Waals surface area contributed by atoms with Crippen LogP contribution in [0.5, 0.6) is 5.75 Å². The van der Waals surface area contributed by atoms with Crippen LogP contribution in [-0.4, -0.2) is 42.0 Å². The van der Waals surface area contributed by atoms with E-state index in [9.17, 15) is 26.0 Å². The molecule has 0 spiro atoms. The van der Waals surface area contributed by atoms with Gasteiger partial charge in [0.05, 0.1) is 20.5 Å². The van der Waals surface area contributed by atoms with E-state index in [4.69, 9.17) is 18.9 Å². The number of aliphatic carboxylic acids is 1. The number of carbonyl (C=O) groups is 1. The number of nitrogens with one attached hydrogen (secondary N) is 1. The topological polar surface area (TPSA) is 180 Å². The number of aromatic nitrogens is 1. The maximum atomic E-state index is 14.3. The van der Waals surface area contributed by atoms with Crippen LogP contribution in [0.15, 0.2) is 130 Å². The van der Waals surface area contributed by atoms with Gasteiger partial charge in [-0.05, 0) is 115 Å². The first-order valence-corrected chi connectivity index (χ1v) is 20.8. The van der Waals surface area contributed by atoms with Gasteiger partial charge in [0.25, 0.3) is 20.2 Å². The van der Waals surface area contributed by atoms with Crippen molar-refractivity contribution >= 4 is 43.2 Å². The Morgan fingerprint density at radius 3 is 1.86 bits per heavy atom. The van der Waals surface area contributed by atoms with Crippen LogP contribution >= 0.6 is 11.3 Å². The van der Waals surface area contributed by atoms with Crippen molar-refractivity contribution < 1.29 is 45.0 Å². The quantitative estimate of drug-likeness (QED) is 0.0866. The zero-order valence-corrected chi connectivity index (χ0v) is 33.2. The number of ether oxygens (including phenoxy) is 1. The van der Waals surface area contributed by atoms with Gasteiger partial charge >= 0.3 is 5.97 Å². The highest BCUT2D eigenvalue weighted by Gasteiger charge is 2.12. The van der Waals surface area contributed by atoms with Gasteiger partial charge in [0, 0.05) is 24.0 Å². The molecule has 0 saturated carbocycles. The van der Waals surface area contributed by atoms with Gasteiger partial charge in [0.1, 0.15) is 18.2 Å². The molecule has 0 aliphatic heterocycles. The van der Waals surface area contributed by atoms with Gasteiger partial charge in [-0.3, -0.25) is 13.9 Å². The van der Waals surface area contributed by atoms with Crippen LogP contribution in [0, 0.1) is 26.6 Å². The number of nitrogens with zero attached hydrogens (tertiary/aromatic N) is 1. The third-order valence-corrected chi connectivity index (χ3v) is 10.6. The molecule has 5 aromatic carbocycles. The number of benzene rings is 5. The van der Waals surface area contributed by atoms with E-state index < -0.39 is 32.0 Å². The number of hydrogen-bond donors (Lipinski definition) is 4. The minimum Gasteiger partial charge on any atom is -0.487 e. The monoisotopic (exact) mass is 820 g/mol. The van der Waals surface area contributed by atoms with Crippen LogP contribution in [0.3, 0.4) is 0 Å². The molecule has 6 rings (SSSR count). The molecular weight excluding hydrogens is 780 g/mol. The number of rotatable bonds is 12. The summed E-state index contributed by atoms with van der Waals surface area (Å²) >= 11 is 1.62. The fourth-order valence-corrected chi connectivity index (χ4v) is 7.02. The minimum absolute atomic E-state index is 0.0741. The Morgan fingerprint density at radius 1 is 0.786 bits per heavy atom. The van der Waals surface area contributed by atoms with Crippen LogP contribution < -0.4 is 10.1 Å². The summed E-state index contributed by atoms with van der Waals surface area (Å²) in [7, 11) is -8.01. The summed E-state index contributed by atoms with van der Waals surface area (Å²) in [6.45, 7) is 7.14. The zero-order valence-electron chi connectivity index (χ0n) is 30.7. The summed E-state index contributed by atoms with van der Waals surface area (Å²) in [4.78, 5) is 15.0. The SMILES string of the molecule is Cc1nc(COc2cc(C)c(-c3cccc(CNc4ccc(CCC(=O)O)c(F)c4)c3)c(C)c2)cs1.O=S(=O)(O)c1ccccc1.O=S(=O)(O)c1ccccc1. The number of aryl methyl sites for hydroxylation is 4. The number of halogens is 1. The summed E-state index contributed by atoms with van der Waals surface area (Å²) in [5.74, 6) is -0.505. The molecule has 15 heteroatoms. The van der Waals surface area contributed by atoms with Crippen LogP contribution in [0.4, 0.5) is 10.1 Å². The summed E-state index contributed by atoms with van der Waals surface area (Å²) in [5.41, 5.74) is 7.61. The smallest absolute Gasteiger partial charge is 0.303 e. The van der Waals surface area contributed by atoms with Gasteiger partial charge in [-0.2, -0.15) is 16.8 Å². The fourth-order valence-electron chi connectivity index (χ4n) is 5.42. The van der Waals surface area contributed by atoms with E-state index >= 15 is 0 Å². The molecule has 0 atom stereocenters. The summed E-state index contributed by atoms with van der Waals surface area (Å²) in [6.07, 6.45) is 0.0878. The molecule has 0 radical (unpaired) electrons. The lowest BCUT2D eigenvalue weighted by Gasteiger charge is -2.15. The van der Waals surface area contributed by atoms with E-state index in [1.807, 2.05) is 24.4 Å². The molecule has 0 saturated heterocycles. The molecule has 0 bridgehead atoms. The highest BCUT2D eigenvalue weighted by molar-refractivity contribution is 7.86. The maximum absolute atomic E-state index is 14.3. The minimum atomic E-state index is -4.00.